The van der Waals surface area contributed by atoms with Crippen LogP contribution in [0.4, 0.5) is 0 Å². The van der Waals surface area contributed by atoms with Gasteiger partial charge in [-0.1, -0.05) is 0 Å². The Morgan fingerprint density at radius 1 is 1.12 bits per heavy atom. The van der Waals surface area contributed by atoms with Gasteiger partial charge in [-0.05, 0) is 0 Å². The lowest BCUT2D eigenvalue weighted by Gasteiger charge is -2.24. The fraction of sp³-hybridized carbons (Fsp3) is 0.500. The van der Waals surface area contributed by atoms with E-state index in [1.807, 2.05) is 0 Å². The molecule has 92 valence electrons. The lowest BCUT2D eigenvalue weighted by atomic mass is 9.96. The van der Waals surface area contributed by atoms with Gasteiger partial charge in [0.1, 0.15) is 0 Å². The predicted molar refractivity (Wildman–Crippen MR) is 44.4 cm³/mol. The Morgan fingerprint density at radius 2 is 1.59 bits per heavy atom. The summed E-state index contributed by atoms with van der Waals surface area (Å²) in [6, 6.07) is 0. The molecule has 2 saturated heterocycles. The number of amides is 1. The van der Waals surface area contributed by atoms with Crippen molar-refractivity contribution in [3.05, 3.63) is 0 Å². The molecular weight excluding hydrogens is 238 g/mol. The number of esters is 3. The number of carbonyl (C=O) groups is 4. The molecule has 2 fully saturated rings. The summed E-state index contributed by atoms with van der Waals surface area (Å²) in [7, 11) is 0. The average molecular weight is 245 g/mol. The molecule has 2 aliphatic rings. The van der Waals surface area contributed by atoms with Crippen LogP contribution in [0.15, 0.2) is 0 Å². The minimum atomic E-state index is -2.92. The summed E-state index contributed by atoms with van der Waals surface area (Å²) in [6.45, 7) is 0. The van der Waals surface area contributed by atoms with Gasteiger partial charge in [0.25, 0.3) is 0 Å². The largest absolute Gasteiger partial charge is 0.509 e. The Labute approximate surface area is 93.4 Å². The molecule has 0 aromatic rings. The lowest BCUT2D eigenvalue weighted by molar-refractivity contribution is -0.304. The predicted octanol–water partition coefficient (Wildman–Crippen LogP) is -2.71. The normalized spacial score (nSPS) is 36.4. The van der Waals surface area contributed by atoms with Crippen molar-refractivity contribution in [2.45, 2.75) is 24.4 Å². The van der Waals surface area contributed by atoms with Gasteiger partial charge >= 0.3 is 29.8 Å². The first kappa shape index (κ1) is 11.3. The molecule has 0 radical (unpaired) electrons. The second-order valence-corrected chi connectivity index (χ2v) is 3.64. The van der Waals surface area contributed by atoms with Crippen molar-refractivity contribution in [1.29, 1.82) is 0 Å². The number of rotatable bonds is 1. The van der Waals surface area contributed by atoms with Crippen molar-refractivity contribution in [2.75, 3.05) is 0 Å². The lowest BCUT2D eigenvalue weighted by Crippen LogP contribution is -2.52. The monoisotopic (exact) mass is 245 g/mol. The third-order valence-corrected chi connectivity index (χ3v) is 2.28. The molecule has 1 amide bonds. The zero-order chi connectivity index (χ0) is 12.8. The average Bonchev–Trinajstić information content (AvgIpc) is 2.27. The van der Waals surface area contributed by atoms with Crippen LogP contribution in [0.25, 0.3) is 0 Å². The topological polar surface area (TPSA) is 142 Å². The van der Waals surface area contributed by atoms with Crippen molar-refractivity contribution in [2.24, 2.45) is 5.73 Å². The zero-order valence-electron chi connectivity index (χ0n) is 8.30. The van der Waals surface area contributed by atoms with E-state index in [1.165, 1.54) is 0 Å². The zero-order valence-corrected chi connectivity index (χ0v) is 8.30. The van der Waals surface area contributed by atoms with Gasteiger partial charge in [0.15, 0.2) is 5.60 Å². The Bertz CT molecular complexity index is 421. The van der Waals surface area contributed by atoms with E-state index in [9.17, 15) is 24.3 Å². The van der Waals surface area contributed by atoms with Gasteiger partial charge in [-0.25, -0.2) is 4.79 Å². The van der Waals surface area contributed by atoms with Crippen LogP contribution >= 0.6 is 0 Å². The third-order valence-electron chi connectivity index (χ3n) is 2.28. The van der Waals surface area contributed by atoms with Crippen molar-refractivity contribution in [1.82, 2.24) is 0 Å². The number of carbonyl (C=O) groups excluding carboxylic acids is 4. The molecule has 17 heavy (non-hydrogen) atoms. The quantitative estimate of drug-likeness (QED) is 0.475. The van der Waals surface area contributed by atoms with Crippen LogP contribution in [0.3, 0.4) is 0 Å². The molecule has 2 rings (SSSR count). The summed E-state index contributed by atoms with van der Waals surface area (Å²) in [5.74, 6) is -8.09. The number of ether oxygens (including phenoxy) is 3. The molecule has 0 aromatic carbocycles. The second-order valence-electron chi connectivity index (χ2n) is 3.64. The van der Waals surface area contributed by atoms with E-state index < -0.39 is 48.2 Å². The Kier molecular flexibility index (Phi) is 2.11. The van der Waals surface area contributed by atoms with Crippen LogP contribution < -0.4 is 5.73 Å². The molecule has 0 unspecified atom stereocenters. The first-order chi connectivity index (χ1) is 7.77. The highest BCUT2D eigenvalue weighted by Gasteiger charge is 2.62. The van der Waals surface area contributed by atoms with Crippen molar-refractivity contribution < 1.29 is 38.5 Å². The van der Waals surface area contributed by atoms with E-state index >= 15 is 0 Å². The molecule has 2 aliphatic heterocycles. The smallest absolute Gasteiger partial charge is 0.380 e. The fourth-order valence-corrected chi connectivity index (χ4v) is 1.49. The highest BCUT2D eigenvalue weighted by atomic mass is 16.9. The summed E-state index contributed by atoms with van der Waals surface area (Å²) in [4.78, 5) is 45.1. The third kappa shape index (κ3) is 1.60. The molecule has 0 saturated carbocycles. The Hall–Kier alpha value is -2.16. The minimum absolute atomic E-state index is 0.823. The minimum Gasteiger partial charge on any atom is -0.380 e. The van der Waals surface area contributed by atoms with E-state index in [2.05, 4.69) is 14.2 Å². The maximum absolute atomic E-state index is 11.5. The van der Waals surface area contributed by atoms with Gasteiger partial charge in [0.05, 0.1) is 12.8 Å². The van der Waals surface area contributed by atoms with Gasteiger partial charge in [-0.2, -0.15) is 0 Å². The molecule has 9 heteroatoms. The summed E-state index contributed by atoms with van der Waals surface area (Å²) >= 11 is 0. The van der Waals surface area contributed by atoms with Crippen molar-refractivity contribution >= 4 is 23.8 Å². The number of hydrogen-bond acceptors (Lipinski definition) is 8. The van der Waals surface area contributed by atoms with Crippen LogP contribution in [-0.2, 0) is 33.4 Å². The Balaban J connectivity index is 2.55. The molecule has 0 aromatic heterocycles. The summed E-state index contributed by atoms with van der Waals surface area (Å²) in [5.41, 5.74) is 2.45. The summed E-state index contributed by atoms with van der Waals surface area (Å²) in [5, 5.41) is 9.76. The van der Waals surface area contributed by atoms with E-state index in [0.29, 0.717) is 0 Å². The maximum Gasteiger partial charge on any atom is 0.509 e. The fourth-order valence-electron chi connectivity index (χ4n) is 1.49. The molecule has 0 spiro atoms. The van der Waals surface area contributed by atoms with Crippen LogP contribution in [0.2, 0.25) is 0 Å². The van der Waals surface area contributed by atoms with E-state index in [1.54, 1.807) is 0 Å². The van der Waals surface area contributed by atoms with Crippen LogP contribution in [0.5, 0.6) is 0 Å². The van der Waals surface area contributed by atoms with Crippen molar-refractivity contribution in [3.63, 3.8) is 0 Å². The van der Waals surface area contributed by atoms with Crippen LogP contribution in [0, 0.1) is 0 Å². The number of primary amides is 1. The van der Waals surface area contributed by atoms with Gasteiger partial charge < -0.3 is 25.1 Å². The highest BCUT2D eigenvalue weighted by molar-refractivity contribution is 5.98. The van der Waals surface area contributed by atoms with Crippen molar-refractivity contribution in [3.8, 4) is 0 Å². The van der Waals surface area contributed by atoms with E-state index in [0.717, 1.165) is 0 Å². The van der Waals surface area contributed by atoms with Gasteiger partial charge in [-0.3, -0.25) is 14.4 Å². The molecule has 2 bridgehead atoms. The first-order valence-electron chi connectivity index (χ1n) is 4.47. The van der Waals surface area contributed by atoms with Crippen LogP contribution in [0.1, 0.15) is 12.8 Å². The molecule has 9 nitrogen and oxygen atoms in total. The Morgan fingerprint density at radius 3 is 2.00 bits per heavy atom. The standard InChI is InChI=1S/C8H7NO8/c9-5(12)8-15-3(10)1-7(14,6(13)17-8)2-4(11)16-8/h14H,1-2H2,(H2,9,12). The molecular formula is C8H7NO8. The first-order valence-corrected chi connectivity index (χ1v) is 4.47. The van der Waals surface area contributed by atoms with Gasteiger partial charge in [-0.15, -0.1) is 0 Å². The maximum atomic E-state index is 11.5. The number of hydrogen-bond donors (Lipinski definition) is 2. The van der Waals surface area contributed by atoms with Gasteiger partial charge in [0.2, 0.25) is 0 Å². The summed E-state index contributed by atoms with van der Waals surface area (Å²) < 4.78 is 13.1. The molecule has 0 atom stereocenters. The van der Waals surface area contributed by atoms with Crippen LogP contribution in [-0.4, -0.2) is 40.5 Å². The second kappa shape index (κ2) is 3.17. The molecule has 0 aliphatic carbocycles. The SMILES string of the molecule is NC(=O)C12OC(=O)CC(O)(CC(=O)O1)C(=O)O2. The number of fused-ring (bicyclic) bond motifs is 3. The number of aliphatic hydroxyl groups is 1. The number of nitrogens with two attached hydrogens (primary N) is 1. The van der Waals surface area contributed by atoms with E-state index in [-0.39, 0.29) is 0 Å². The van der Waals surface area contributed by atoms with Gasteiger partial charge in [0, 0.05) is 0 Å². The molecule has 2 heterocycles. The van der Waals surface area contributed by atoms with E-state index in [4.69, 9.17) is 5.73 Å². The summed E-state index contributed by atoms with van der Waals surface area (Å²) in [6.07, 6.45) is -1.65. The molecule has 3 N–H and O–H groups in total. The highest BCUT2D eigenvalue weighted by Crippen LogP contribution is 2.33.